The highest BCUT2D eigenvalue weighted by Gasteiger charge is 2.23. The standard InChI is InChI=1S/C14H20Cl2N2/c1-10-3-5-12(6-4-10)18(2)14-13(16)7-11(8-15)9-17-14/h7,9-10,12H,3-6,8H2,1-2H3. The molecule has 2 rings (SSSR count). The van der Waals surface area contributed by atoms with E-state index in [1.807, 2.05) is 12.3 Å². The molecule has 0 spiro atoms. The van der Waals surface area contributed by atoms with E-state index in [4.69, 9.17) is 23.2 Å². The van der Waals surface area contributed by atoms with E-state index in [1.165, 1.54) is 25.7 Å². The van der Waals surface area contributed by atoms with Gasteiger partial charge < -0.3 is 4.90 Å². The average Bonchev–Trinajstić information content (AvgIpc) is 2.38. The Morgan fingerprint density at radius 2 is 2.00 bits per heavy atom. The Bertz CT molecular complexity index is 401. The summed E-state index contributed by atoms with van der Waals surface area (Å²) in [5, 5.41) is 0.703. The number of pyridine rings is 1. The predicted octanol–water partition coefficient (Wildman–Crippen LogP) is 4.49. The summed E-state index contributed by atoms with van der Waals surface area (Å²) in [6, 6.07) is 2.48. The molecule has 0 unspecified atom stereocenters. The van der Waals surface area contributed by atoms with Crippen molar-refractivity contribution in [3.63, 3.8) is 0 Å². The van der Waals surface area contributed by atoms with Gasteiger partial charge in [0.2, 0.25) is 0 Å². The van der Waals surface area contributed by atoms with Crippen molar-refractivity contribution in [3.05, 3.63) is 22.8 Å². The van der Waals surface area contributed by atoms with Crippen LogP contribution >= 0.6 is 23.2 Å². The zero-order chi connectivity index (χ0) is 13.1. The third-order valence-electron chi connectivity index (χ3n) is 3.90. The zero-order valence-electron chi connectivity index (χ0n) is 11.0. The Morgan fingerprint density at radius 1 is 1.33 bits per heavy atom. The molecule has 2 nitrogen and oxygen atoms in total. The third kappa shape index (κ3) is 3.10. The molecule has 0 N–H and O–H groups in total. The second kappa shape index (κ2) is 6.12. The minimum Gasteiger partial charge on any atom is -0.355 e. The number of halogens is 2. The lowest BCUT2D eigenvalue weighted by molar-refractivity contribution is 0.340. The monoisotopic (exact) mass is 286 g/mol. The van der Waals surface area contributed by atoms with Crippen LogP contribution in [0.2, 0.25) is 5.02 Å². The highest BCUT2D eigenvalue weighted by molar-refractivity contribution is 6.33. The molecule has 0 bridgehead atoms. The molecular formula is C14H20Cl2N2. The van der Waals surface area contributed by atoms with Crippen LogP contribution in [-0.4, -0.2) is 18.1 Å². The Hall–Kier alpha value is -0.470. The first-order valence-corrected chi connectivity index (χ1v) is 7.46. The number of hydrogen-bond acceptors (Lipinski definition) is 2. The quantitative estimate of drug-likeness (QED) is 0.761. The minimum absolute atomic E-state index is 0.456. The topological polar surface area (TPSA) is 16.1 Å². The molecule has 0 aliphatic heterocycles. The molecule has 1 heterocycles. The predicted molar refractivity (Wildman–Crippen MR) is 78.6 cm³/mol. The van der Waals surface area contributed by atoms with Gasteiger partial charge in [-0.2, -0.15) is 0 Å². The maximum Gasteiger partial charge on any atom is 0.147 e. The summed E-state index contributed by atoms with van der Waals surface area (Å²) in [5.74, 6) is 2.19. The van der Waals surface area contributed by atoms with Gasteiger partial charge in [0.15, 0.2) is 0 Å². The van der Waals surface area contributed by atoms with E-state index in [2.05, 4.69) is 23.9 Å². The summed E-state index contributed by atoms with van der Waals surface area (Å²) in [6.45, 7) is 2.33. The number of nitrogens with zero attached hydrogens (tertiary/aromatic N) is 2. The van der Waals surface area contributed by atoms with Crippen LogP contribution in [0.4, 0.5) is 5.82 Å². The summed E-state index contributed by atoms with van der Waals surface area (Å²) >= 11 is 12.1. The Kier molecular flexibility index (Phi) is 4.74. The molecule has 0 saturated heterocycles. The SMILES string of the molecule is CC1CCC(N(C)c2ncc(CCl)cc2Cl)CC1. The van der Waals surface area contributed by atoms with E-state index in [0.717, 1.165) is 17.3 Å². The number of alkyl halides is 1. The van der Waals surface area contributed by atoms with Crippen molar-refractivity contribution in [2.24, 2.45) is 5.92 Å². The molecule has 1 aromatic rings. The van der Waals surface area contributed by atoms with Crippen LogP contribution in [0.1, 0.15) is 38.2 Å². The number of aromatic nitrogens is 1. The summed E-state index contributed by atoms with van der Waals surface area (Å²) < 4.78 is 0. The van der Waals surface area contributed by atoms with Crippen LogP contribution in [0.3, 0.4) is 0 Å². The van der Waals surface area contributed by atoms with Crippen molar-refractivity contribution in [3.8, 4) is 0 Å². The van der Waals surface area contributed by atoms with Gasteiger partial charge >= 0.3 is 0 Å². The van der Waals surface area contributed by atoms with E-state index in [-0.39, 0.29) is 0 Å². The molecule has 1 aromatic heterocycles. The molecule has 0 aromatic carbocycles. The van der Waals surface area contributed by atoms with Crippen LogP contribution < -0.4 is 4.90 Å². The first-order valence-electron chi connectivity index (χ1n) is 6.55. The molecule has 0 atom stereocenters. The summed E-state index contributed by atoms with van der Waals surface area (Å²) in [6.07, 6.45) is 6.87. The maximum absolute atomic E-state index is 6.29. The van der Waals surface area contributed by atoms with Gasteiger partial charge in [0.25, 0.3) is 0 Å². The smallest absolute Gasteiger partial charge is 0.147 e. The van der Waals surface area contributed by atoms with Crippen LogP contribution in [0.5, 0.6) is 0 Å². The first kappa shape index (κ1) is 14.0. The number of hydrogen-bond donors (Lipinski definition) is 0. The first-order chi connectivity index (χ1) is 8.61. The largest absolute Gasteiger partial charge is 0.355 e. The number of anilines is 1. The van der Waals surface area contributed by atoms with Gasteiger partial charge in [0.1, 0.15) is 5.82 Å². The fourth-order valence-corrected chi connectivity index (χ4v) is 3.07. The van der Waals surface area contributed by atoms with Gasteiger partial charge in [-0.3, -0.25) is 0 Å². The van der Waals surface area contributed by atoms with Crippen molar-refractivity contribution < 1.29 is 0 Å². The molecular weight excluding hydrogens is 267 g/mol. The van der Waals surface area contributed by atoms with Crippen LogP contribution in [-0.2, 0) is 5.88 Å². The van der Waals surface area contributed by atoms with E-state index >= 15 is 0 Å². The summed E-state index contributed by atoms with van der Waals surface area (Å²) in [4.78, 5) is 6.68. The molecule has 0 radical (unpaired) electrons. The minimum atomic E-state index is 0.456. The van der Waals surface area contributed by atoms with Crippen LogP contribution in [0.25, 0.3) is 0 Å². The highest BCUT2D eigenvalue weighted by atomic mass is 35.5. The molecule has 18 heavy (non-hydrogen) atoms. The lowest BCUT2D eigenvalue weighted by Crippen LogP contribution is -2.35. The molecule has 1 fully saturated rings. The summed E-state index contributed by atoms with van der Waals surface area (Å²) in [7, 11) is 2.09. The molecule has 1 aliphatic rings. The Morgan fingerprint density at radius 3 is 2.56 bits per heavy atom. The van der Waals surface area contributed by atoms with Crippen molar-refractivity contribution in [2.75, 3.05) is 11.9 Å². The van der Waals surface area contributed by atoms with Gasteiger partial charge in [0.05, 0.1) is 5.02 Å². The van der Waals surface area contributed by atoms with E-state index in [0.29, 0.717) is 16.9 Å². The molecule has 1 aliphatic carbocycles. The van der Waals surface area contributed by atoms with Crippen molar-refractivity contribution in [1.82, 2.24) is 4.98 Å². The summed E-state index contributed by atoms with van der Waals surface area (Å²) in [5.41, 5.74) is 0.969. The third-order valence-corrected chi connectivity index (χ3v) is 4.49. The molecule has 100 valence electrons. The second-order valence-corrected chi connectivity index (χ2v) is 5.98. The van der Waals surface area contributed by atoms with Gasteiger partial charge in [-0.05, 0) is 43.2 Å². The number of rotatable bonds is 3. The van der Waals surface area contributed by atoms with Crippen LogP contribution in [0, 0.1) is 5.92 Å². The maximum atomic E-state index is 6.29. The Balaban J connectivity index is 2.11. The zero-order valence-corrected chi connectivity index (χ0v) is 12.5. The van der Waals surface area contributed by atoms with Crippen molar-refractivity contribution in [1.29, 1.82) is 0 Å². The van der Waals surface area contributed by atoms with E-state index in [1.54, 1.807) is 0 Å². The van der Waals surface area contributed by atoms with E-state index < -0.39 is 0 Å². The molecule has 4 heteroatoms. The van der Waals surface area contributed by atoms with Gasteiger partial charge in [-0.15, -0.1) is 11.6 Å². The van der Waals surface area contributed by atoms with Gasteiger partial charge in [-0.25, -0.2) is 4.98 Å². The highest BCUT2D eigenvalue weighted by Crippen LogP contribution is 2.31. The lowest BCUT2D eigenvalue weighted by Gasteiger charge is -2.34. The normalized spacial score (nSPS) is 24.0. The van der Waals surface area contributed by atoms with Gasteiger partial charge in [-0.1, -0.05) is 18.5 Å². The molecule has 0 amide bonds. The molecule has 1 saturated carbocycles. The lowest BCUT2D eigenvalue weighted by atomic mass is 9.87. The Labute approximate surface area is 119 Å². The average molecular weight is 287 g/mol. The van der Waals surface area contributed by atoms with Crippen molar-refractivity contribution >= 4 is 29.0 Å². The van der Waals surface area contributed by atoms with Gasteiger partial charge in [0, 0.05) is 25.2 Å². The van der Waals surface area contributed by atoms with Crippen molar-refractivity contribution in [2.45, 2.75) is 44.5 Å². The van der Waals surface area contributed by atoms with E-state index in [9.17, 15) is 0 Å². The van der Waals surface area contributed by atoms with Crippen LogP contribution in [0.15, 0.2) is 12.3 Å². The second-order valence-electron chi connectivity index (χ2n) is 5.31. The fourth-order valence-electron chi connectivity index (χ4n) is 2.61. The fraction of sp³-hybridized carbons (Fsp3) is 0.643.